The molecule has 1 N–H and O–H groups in total. The molecule has 1 heterocycles. The van der Waals surface area contributed by atoms with Gasteiger partial charge in [0, 0.05) is 32.7 Å². The maximum atomic E-state index is 13.1. The SMILES string of the molecule is COc1ccc(S(=O)(=O)N(C)C)cc1NC(=O)c1cc(S(=O)(=O)N2CCCC2)ccc1C. The summed E-state index contributed by atoms with van der Waals surface area (Å²) in [5, 5.41) is 2.66. The molecule has 1 aliphatic heterocycles. The van der Waals surface area contributed by atoms with E-state index >= 15 is 0 Å². The Morgan fingerprint density at radius 2 is 1.62 bits per heavy atom. The molecule has 1 fully saturated rings. The average Bonchev–Trinajstić information content (AvgIpc) is 3.29. The molecule has 2 aromatic carbocycles. The number of amides is 1. The number of hydrogen-bond donors (Lipinski definition) is 1. The second kappa shape index (κ2) is 9.18. The number of methoxy groups -OCH3 is 1. The Balaban J connectivity index is 1.97. The lowest BCUT2D eigenvalue weighted by Crippen LogP contribution is -2.28. The number of carbonyl (C=O) groups excluding carboxylic acids is 1. The summed E-state index contributed by atoms with van der Waals surface area (Å²) in [7, 11) is -3.19. The summed E-state index contributed by atoms with van der Waals surface area (Å²) < 4.78 is 58.5. The predicted molar refractivity (Wildman–Crippen MR) is 121 cm³/mol. The number of anilines is 1. The molecule has 1 saturated heterocycles. The number of nitrogens with one attached hydrogen (secondary N) is 1. The zero-order chi connectivity index (χ0) is 23.7. The smallest absolute Gasteiger partial charge is 0.256 e. The van der Waals surface area contributed by atoms with Gasteiger partial charge in [0.2, 0.25) is 20.0 Å². The molecule has 32 heavy (non-hydrogen) atoms. The van der Waals surface area contributed by atoms with Gasteiger partial charge in [0.1, 0.15) is 5.75 Å². The number of aryl methyl sites for hydroxylation is 1. The molecule has 2 aromatic rings. The van der Waals surface area contributed by atoms with Gasteiger partial charge in [-0.15, -0.1) is 0 Å². The summed E-state index contributed by atoms with van der Waals surface area (Å²) in [6, 6.07) is 8.58. The first-order valence-corrected chi connectivity index (χ1v) is 12.9. The van der Waals surface area contributed by atoms with Crippen LogP contribution in [0.25, 0.3) is 0 Å². The van der Waals surface area contributed by atoms with E-state index in [0.717, 1.165) is 17.1 Å². The van der Waals surface area contributed by atoms with Crippen LogP contribution in [0.3, 0.4) is 0 Å². The van der Waals surface area contributed by atoms with Gasteiger partial charge >= 0.3 is 0 Å². The minimum atomic E-state index is -3.73. The van der Waals surface area contributed by atoms with Crippen LogP contribution in [0, 0.1) is 6.92 Å². The van der Waals surface area contributed by atoms with Gasteiger partial charge in [0.05, 0.1) is 22.6 Å². The molecule has 0 spiro atoms. The van der Waals surface area contributed by atoms with E-state index < -0.39 is 26.0 Å². The van der Waals surface area contributed by atoms with Crippen molar-refractivity contribution >= 4 is 31.6 Å². The average molecular weight is 482 g/mol. The summed E-state index contributed by atoms with van der Waals surface area (Å²) in [6.07, 6.45) is 1.62. The maximum absolute atomic E-state index is 13.1. The topological polar surface area (TPSA) is 113 Å². The van der Waals surface area contributed by atoms with Crippen LogP contribution in [0.1, 0.15) is 28.8 Å². The predicted octanol–water partition coefficient (Wildman–Crippen LogP) is 2.29. The van der Waals surface area contributed by atoms with E-state index in [9.17, 15) is 21.6 Å². The molecule has 0 radical (unpaired) electrons. The number of nitrogens with zero attached hydrogens (tertiary/aromatic N) is 2. The lowest BCUT2D eigenvalue weighted by Gasteiger charge is -2.18. The molecular formula is C21H27N3O6S2. The number of sulfonamides is 2. The van der Waals surface area contributed by atoms with Crippen molar-refractivity contribution in [2.24, 2.45) is 0 Å². The zero-order valence-electron chi connectivity index (χ0n) is 18.5. The Bertz CT molecular complexity index is 1230. The Morgan fingerprint density at radius 3 is 2.22 bits per heavy atom. The molecule has 1 amide bonds. The van der Waals surface area contributed by atoms with E-state index in [-0.39, 0.29) is 26.8 Å². The Hall–Kier alpha value is -2.47. The minimum Gasteiger partial charge on any atom is -0.495 e. The third-order valence-electron chi connectivity index (χ3n) is 5.35. The molecule has 11 heteroatoms. The first kappa shape index (κ1) is 24.2. The van der Waals surface area contributed by atoms with Gasteiger partial charge in [0.25, 0.3) is 5.91 Å². The molecule has 0 atom stereocenters. The fourth-order valence-electron chi connectivity index (χ4n) is 3.43. The van der Waals surface area contributed by atoms with Crippen molar-refractivity contribution in [3.05, 3.63) is 47.5 Å². The van der Waals surface area contributed by atoms with E-state index in [2.05, 4.69) is 5.32 Å². The Morgan fingerprint density at radius 1 is 1.00 bits per heavy atom. The second-order valence-electron chi connectivity index (χ2n) is 7.69. The van der Waals surface area contributed by atoms with Gasteiger partial charge in [0.15, 0.2) is 0 Å². The lowest BCUT2D eigenvalue weighted by atomic mass is 10.1. The van der Waals surface area contributed by atoms with Crippen LogP contribution in [-0.2, 0) is 20.0 Å². The van der Waals surface area contributed by atoms with Crippen LogP contribution in [-0.4, -0.2) is 65.6 Å². The second-order valence-corrected chi connectivity index (χ2v) is 11.8. The fraction of sp³-hybridized carbons (Fsp3) is 0.381. The highest BCUT2D eigenvalue weighted by Crippen LogP contribution is 2.30. The van der Waals surface area contributed by atoms with Crippen molar-refractivity contribution in [3.63, 3.8) is 0 Å². The molecule has 0 aliphatic carbocycles. The highest BCUT2D eigenvalue weighted by atomic mass is 32.2. The van der Waals surface area contributed by atoms with Crippen molar-refractivity contribution in [1.82, 2.24) is 8.61 Å². The molecule has 9 nitrogen and oxygen atoms in total. The summed E-state index contributed by atoms with van der Waals surface area (Å²) in [6.45, 7) is 2.62. The molecule has 0 unspecified atom stereocenters. The van der Waals surface area contributed by atoms with Crippen LogP contribution in [0.15, 0.2) is 46.2 Å². The maximum Gasteiger partial charge on any atom is 0.256 e. The summed E-state index contributed by atoms with van der Waals surface area (Å²) in [5.74, 6) is -0.298. The van der Waals surface area contributed by atoms with E-state index in [1.165, 1.54) is 55.8 Å². The number of carbonyl (C=O) groups is 1. The largest absolute Gasteiger partial charge is 0.495 e. The number of rotatable bonds is 7. The fourth-order valence-corrected chi connectivity index (χ4v) is 5.90. The Kier molecular flexibility index (Phi) is 6.94. The molecular weight excluding hydrogens is 454 g/mol. The van der Waals surface area contributed by atoms with E-state index in [4.69, 9.17) is 4.74 Å². The van der Waals surface area contributed by atoms with Crippen molar-refractivity contribution in [2.45, 2.75) is 29.6 Å². The third kappa shape index (κ3) is 4.65. The number of ether oxygens (including phenoxy) is 1. The van der Waals surface area contributed by atoms with Crippen LogP contribution in [0.5, 0.6) is 5.75 Å². The standard InChI is InChI=1S/C21H27N3O6S2/c1-15-7-8-16(32(28,29)24-11-5-6-12-24)13-18(15)21(25)22-19-14-17(9-10-20(19)30-4)31(26,27)23(2)3/h7-10,13-14H,5-6,11-12H2,1-4H3,(H,22,25). The first-order chi connectivity index (χ1) is 15.0. The number of benzene rings is 2. The molecule has 174 valence electrons. The zero-order valence-corrected chi connectivity index (χ0v) is 20.1. The molecule has 0 saturated carbocycles. The highest BCUT2D eigenvalue weighted by molar-refractivity contribution is 7.89. The van der Waals surface area contributed by atoms with Crippen molar-refractivity contribution in [2.75, 3.05) is 39.6 Å². The van der Waals surface area contributed by atoms with Crippen LogP contribution in [0.2, 0.25) is 0 Å². The number of hydrogen-bond acceptors (Lipinski definition) is 6. The normalized spacial score (nSPS) is 15.2. The summed E-state index contributed by atoms with van der Waals surface area (Å²) >= 11 is 0. The van der Waals surface area contributed by atoms with Crippen LogP contribution in [0.4, 0.5) is 5.69 Å². The van der Waals surface area contributed by atoms with E-state index in [0.29, 0.717) is 18.7 Å². The molecule has 1 aliphatic rings. The summed E-state index contributed by atoms with van der Waals surface area (Å²) in [4.78, 5) is 13.1. The van der Waals surface area contributed by atoms with Gasteiger partial charge in [-0.3, -0.25) is 4.79 Å². The van der Waals surface area contributed by atoms with Gasteiger partial charge in [-0.2, -0.15) is 4.31 Å². The van der Waals surface area contributed by atoms with Crippen molar-refractivity contribution < 1.29 is 26.4 Å². The molecule has 0 bridgehead atoms. The van der Waals surface area contributed by atoms with Gasteiger partial charge < -0.3 is 10.1 Å². The first-order valence-electron chi connectivity index (χ1n) is 10.0. The summed E-state index contributed by atoms with van der Waals surface area (Å²) in [5.41, 5.74) is 0.916. The van der Waals surface area contributed by atoms with Crippen molar-refractivity contribution in [3.8, 4) is 5.75 Å². The highest BCUT2D eigenvalue weighted by Gasteiger charge is 2.28. The third-order valence-corrected chi connectivity index (χ3v) is 9.06. The van der Waals surface area contributed by atoms with E-state index in [1.54, 1.807) is 13.0 Å². The van der Waals surface area contributed by atoms with Crippen LogP contribution < -0.4 is 10.1 Å². The quantitative estimate of drug-likeness (QED) is 0.649. The monoisotopic (exact) mass is 481 g/mol. The Labute approximate surface area is 189 Å². The van der Waals surface area contributed by atoms with Gasteiger partial charge in [-0.1, -0.05) is 6.07 Å². The van der Waals surface area contributed by atoms with Gasteiger partial charge in [-0.05, 0) is 55.7 Å². The van der Waals surface area contributed by atoms with E-state index in [1.807, 2.05) is 0 Å². The van der Waals surface area contributed by atoms with Crippen molar-refractivity contribution in [1.29, 1.82) is 0 Å². The van der Waals surface area contributed by atoms with Crippen LogP contribution >= 0.6 is 0 Å². The minimum absolute atomic E-state index is 0.0133. The lowest BCUT2D eigenvalue weighted by molar-refractivity contribution is 0.102. The molecule has 0 aromatic heterocycles. The van der Waals surface area contributed by atoms with Gasteiger partial charge in [-0.25, -0.2) is 21.1 Å². The molecule has 3 rings (SSSR count).